The van der Waals surface area contributed by atoms with Gasteiger partial charge in [-0.3, -0.25) is 0 Å². The lowest BCUT2D eigenvalue weighted by Crippen LogP contribution is -2.43. The Morgan fingerprint density at radius 1 is 1.29 bits per heavy atom. The van der Waals surface area contributed by atoms with Crippen LogP contribution in [-0.4, -0.2) is 19.8 Å². The van der Waals surface area contributed by atoms with Crippen LogP contribution < -0.4 is 5.32 Å². The molecule has 1 aromatic carbocycles. The zero-order valence-electron chi connectivity index (χ0n) is 11.1. The number of benzene rings is 1. The second-order valence-electron chi connectivity index (χ2n) is 4.22. The van der Waals surface area contributed by atoms with Crippen LogP contribution in [0.5, 0.6) is 0 Å². The molecule has 1 rings (SSSR count). The lowest BCUT2D eigenvalue weighted by Gasteiger charge is -2.39. The smallest absolute Gasteiger partial charge is 0.0867 e. The maximum atomic E-state index is 6.28. The zero-order valence-corrected chi connectivity index (χ0v) is 11.8. The summed E-state index contributed by atoms with van der Waals surface area (Å²) in [5, 5.41) is 4.13. The minimum Gasteiger partial charge on any atom is -0.376 e. The van der Waals surface area contributed by atoms with Crippen molar-refractivity contribution in [2.75, 3.05) is 14.2 Å². The fourth-order valence-corrected chi connectivity index (χ4v) is 2.72. The first-order chi connectivity index (χ1) is 8.15. The minimum atomic E-state index is -0.209. The number of nitrogens with one attached hydrogen (secondary N) is 1. The Balaban J connectivity index is 3.18. The number of hydrogen-bond acceptors (Lipinski definition) is 2. The summed E-state index contributed by atoms with van der Waals surface area (Å²) in [6, 6.07) is 8.05. The molecule has 1 aromatic rings. The summed E-state index contributed by atoms with van der Waals surface area (Å²) in [6.07, 6.45) is 1.88. The van der Waals surface area contributed by atoms with E-state index in [1.54, 1.807) is 7.11 Å². The van der Waals surface area contributed by atoms with Crippen LogP contribution in [0, 0.1) is 0 Å². The van der Waals surface area contributed by atoms with Gasteiger partial charge >= 0.3 is 0 Å². The second kappa shape index (κ2) is 6.39. The van der Waals surface area contributed by atoms with Gasteiger partial charge in [-0.05, 0) is 31.5 Å². The van der Waals surface area contributed by atoms with Gasteiger partial charge in [0, 0.05) is 12.1 Å². The molecule has 0 saturated heterocycles. The first-order valence-electron chi connectivity index (χ1n) is 6.12. The van der Waals surface area contributed by atoms with E-state index in [2.05, 4.69) is 25.2 Å². The van der Waals surface area contributed by atoms with Gasteiger partial charge in [0.15, 0.2) is 0 Å². The molecular weight excluding hydrogens is 234 g/mol. The van der Waals surface area contributed by atoms with E-state index >= 15 is 0 Å². The van der Waals surface area contributed by atoms with Crippen LogP contribution >= 0.6 is 11.6 Å². The van der Waals surface area contributed by atoms with Crippen molar-refractivity contribution in [3.05, 3.63) is 34.9 Å². The highest BCUT2D eigenvalue weighted by Gasteiger charge is 2.36. The van der Waals surface area contributed by atoms with Gasteiger partial charge in [-0.1, -0.05) is 43.6 Å². The first-order valence-corrected chi connectivity index (χ1v) is 6.49. The van der Waals surface area contributed by atoms with Crippen molar-refractivity contribution in [2.24, 2.45) is 0 Å². The van der Waals surface area contributed by atoms with Gasteiger partial charge in [-0.25, -0.2) is 0 Å². The van der Waals surface area contributed by atoms with Crippen molar-refractivity contribution in [3.63, 3.8) is 0 Å². The number of methoxy groups -OCH3 is 1. The van der Waals surface area contributed by atoms with Crippen LogP contribution in [0.15, 0.2) is 24.3 Å². The average molecular weight is 256 g/mol. The van der Waals surface area contributed by atoms with Gasteiger partial charge in [0.05, 0.1) is 11.6 Å². The molecule has 0 aliphatic rings. The van der Waals surface area contributed by atoms with Crippen LogP contribution in [-0.2, 0) is 4.74 Å². The maximum Gasteiger partial charge on any atom is 0.0867 e. The predicted molar refractivity (Wildman–Crippen MR) is 73.6 cm³/mol. The van der Waals surface area contributed by atoms with E-state index in [-0.39, 0.29) is 11.6 Å². The third-order valence-corrected chi connectivity index (χ3v) is 3.98. The number of rotatable bonds is 6. The SMILES string of the molecule is CCC(CC)(OC)C(NC)c1ccccc1Cl. The molecule has 0 aromatic heterocycles. The van der Waals surface area contributed by atoms with E-state index in [1.165, 1.54) is 0 Å². The largest absolute Gasteiger partial charge is 0.376 e. The molecule has 2 nitrogen and oxygen atoms in total. The molecule has 0 aliphatic carbocycles. The highest BCUT2D eigenvalue weighted by molar-refractivity contribution is 6.31. The molecule has 1 N–H and O–H groups in total. The summed E-state index contributed by atoms with van der Waals surface area (Å²) in [4.78, 5) is 0. The summed E-state index contributed by atoms with van der Waals surface area (Å²) in [5.74, 6) is 0. The Morgan fingerprint density at radius 3 is 2.29 bits per heavy atom. The molecule has 0 saturated carbocycles. The highest BCUT2D eigenvalue weighted by Crippen LogP contribution is 2.37. The predicted octanol–water partition coefficient (Wildman–Crippen LogP) is 3.81. The minimum absolute atomic E-state index is 0.108. The molecule has 1 atom stereocenters. The van der Waals surface area contributed by atoms with Crippen molar-refractivity contribution in [3.8, 4) is 0 Å². The molecule has 0 radical (unpaired) electrons. The summed E-state index contributed by atoms with van der Waals surface area (Å²) in [5.41, 5.74) is 0.891. The second-order valence-corrected chi connectivity index (χ2v) is 4.63. The van der Waals surface area contributed by atoms with Gasteiger partial charge in [0.25, 0.3) is 0 Å². The first kappa shape index (κ1) is 14.5. The quantitative estimate of drug-likeness (QED) is 0.835. The molecule has 0 aliphatic heterocycles. The standard InChI is InChI=1S/C14H22ClNO/c1-5-14(6-2,17-4)13(16-3)11-9-7-8-10-12(11)15/h7-10,13,16H,5-6H2,1-4H3. The molecule has 0 fully saturated rings. The molecule has 0 heterocycles. The van der Waals surface area contributed by atoms with Crippen LogP contribution in [0.2, 0.25) is 5.02 Å². The molecular formula is C14H22ClNO. The zero-order chi connectivity index (χ0) is 12.9. The van der Waals surface area contributed by atoms with Crippen LogP contribution in [0.1, 0.15) is 38.3 Å². The summed E-state index contributed by atoms with van der Waals surface area (Å²) >= 11 is 6.28. The third-order valence-electron chi connectivity index (χ3n) is 3.63. The van der Waals surface area contributed by atoms with Gasteiger partial charge in [-0.2, -0.15) is 0 Å². The number of hydrogen-bond donors (Lipinski definition) is 1. The third kappa shape index (κ3) is 2.82. The Hall–Kier alpha value is -0.570. The Morgan fingerprint density at radius 2 is 1.88 bits per heavy atom. The maximum absolute atomic E-state index is 6.28. The molecule has 17 heavy (non-hydrogen) atoms. The van der Waals surface area contributed by atoms with Gasteiger partial charge in [0.1, 0.15) is 0 Å². The van der Waals surface area contributed by atoms with E-state index in [9.17, 15) is 0 Å². The topological polar surface area (TPSA) is 21.3 Å². The monoisotopic (exact) mass is 255 g/mol. The summed E-state index contributed by atoms with van der Waals surface area (Å²) in [7, 11) is 3.72. The lowest BCUT2D eigenvalue weighted by molar-refractivity contribution is -0.0467. The van der Waals surface area contributed by atoms with E-state index in [1.807, 2.05) is 25.2 Å². The lowest BCUT2D eigenvalue weighted by atomic mass is 9.84. The van der Waals surface area contributed by atoms with Gasteiger partial charge in [0.2, 0.25) is 0 Å². The van der Waals surface area contributed by atoms with Crippen LogP contribution in [0.3, 0.4) is 0 Å². The number of likely N-dealkylation sites (N-methyl/N-ethyl adjacent to an activating group) is 1. The highest BCUT2D eigenvalue weighted by atomic mass is 35.5. The number of ether oxygens (including phenoxy) is 1. The molecule has 0 spiro atoms. The molecule has 96 valence electrons. The fourth-order valence-electron chi connectivity index (χ4n) is 2.48. The van der Waals surface area contributed by atoms with Crippen molar-refractivity contribution in [1.29, 1.82) is 0 Å². The number of halogens is 1. The van der Waals surface area contributed by atoms with E-state index in [0.29, 0.717) is 0 Å². The van der Waals surface area contributed by atoms with Crippen molar-refractivity contribution < 1.29 is 4.74 Å². The molecule has 3 heteroatoms. The summed E-state index contributed by atoms with van der Waals surface area (Å²) in [6.45, 7) is 4.29. The average Bonchev–Trinajstić information content (AvgIpc) is 2.38. The van der Waals surface area contributed by atoms with E-state index in [4.69, 9.17) is 16.3 Å². The Kier molecular flexibility index (Phi) is 5.44. The normalized spacial score (nSPS) is 13.7. The van der Waals surface area contributed by atoms with Gasteiger partial charge in [-0.15, -0.1) is 0 Å². The fraction of sp³-hybridized carbons (Fsp3) is 0.571. The van der Waals surface area contributed by atoms with Crippen molar-refractivity contribution in [1.82, 2.24) is 5.32 Å². The van der Waals surface area contributed by atoms with Crippen molar-refractivity contribution in [2.45, 2.75) is 38.3 Å². The molecule has 1 unspecified atom stereocenters. The van der Waals surface area contributed by atoms with Crippen LogP contribution in [0.4, 0.5) is 0 Å². The van der Waals surface area contributed by atoms with Crippen LogP contribution in [0.25, 0.3) is 0 Å². The Labute approximate surface area is 109 Å². The molecule has 0 bridgehead atoms. The van der Waals surface area contributed by atoms with E-state index in [0.717, 1.165) is 23.4 Å². The van der Waals surface area contributed by atoms with Gasteiger partial charge < -0.3 is 10.1 Å². The van der Waals surface area contributed by atoms with Crippen molar-refractivity contribution >= 4 is 11.6 Å². The Bertz CT molecular complexity index is 342. The summed E-state index contributed by atoms with van der Waals surface area (Å²) < 4.78 is 5.78. The molecule has 0 amide bonds. The van der Waals surface area contributed by atoms with E-state index < -0.39 is 0 Å².